The van der Waals surface area contributed by atoms with E-state index in [0.717, 1.165) is 16.9 Å². The molecule has 0 atom stereocenters. The van der Waals surface area contributed by atoms with Crippen LogP contribution in [0.25, 0.3) is 0 Å². The molecule has 0 aliphatic rings. The van der Waals surface area contributed by atoms with Gasteiger partial charge < -0.3 is 20.0 Å². The zero-order chi connectivity index (χ0) is 13.7. The number of hydrogen-bond acceptors (Lipinski definition) is 3. The first-order valence-electron chi connectivity index (χ1n) is 5.99. The third-order valence-electron chi connectivity index (χ3n) is 2.67. The van der Waals surface area contributed by atoms with Gasteiger partial charge in [-0.15, -0.1) is 0 Å². The maximum absolute atomic E-state index is 11.8. The summed E-state index contributed by atoms with van der Waals surface area (Å²) in [5.41, 5.74) is 2.66. The molecule has 0 saturated carbocycles. The van der Waals surface area contributed by atoms with Gasteiger partial charge >= 0.3 is 6.03 Å². The average molecular weight is 259 g/mol. The molecule has 100 valence electrons. The summed E-state index contributed by atoms with van der Waals surface area (Å²) in [7, 11) is 3.87. The number of amides is 2. The number of rotatable bonds is 4. The lowest BCUT2D eigenvalue weighted by atomic mass is 10.2. The lowest BCUT2D eigenvalue weighted by molar-refractivity contribution is 0.251. The predicted octanol–water partition coefficient (Wildman–Crippen LogP) is 2.67. The monoisotopic (exact) mass is 259 g/mol. The minimum Gasteiger partial charge on any atom is -0.472 e. The Balaban J connectivity index is 1.95. The maximum Gasteiger partial charge on any atom is 0.319 e. The third-order valence-corrected chi connectivity index (χ3v) is 2.67. The Bertz CT molecular complexity index is 535. The molecule has 5 heteroatoms. The molecule has 2 amide bonds. The lowest BCUT2D eigenvalue weighted by Crippen LogP contribution is -2.28. The molecule has 0 aliphatic heterocycles. The Morgan fingerprint density at radius 3 is 2.74 bits per heavy atom. The normalized spacial score (nSPS) is 10.0. The van der Waals surface area contributed by atoms with Crippen LogP contribution < -0.4 is 15.5 Å². The summed E-state index contributed by atoms with van der Waals surface area (Å²) in [6.07, 6.45) is 3.18. The Kier molecular flexibility index (Phi) is 4.07. The fourth-order valence-electron chi connectivity index (χ4n) is 1.71. The zero-order valence-corrected chi connectivity index (χ0v) is 11.0. The van der Waals surface area contributed by atoms with E-state index in [1.807, 2.05) is 49.3 Å². The fraction of sp³-hybridized carbons (Fsp3) is 0.214. The van der Waals surface area contributed by atoms with Gasteiger partial charge in [0.2, 0.25) is 0 Å². The Morgan fingerprint density at radius 1 is 1.26 bits per heavy atom. The van der Waals surface area contributed by atoms with E-state index in [9.17, 15) is 4.79 Å². The molecule has 5 nitrogen and oxygen atoms in total. The highest BCUT2D eigenvalue weighted by Crippen LogP contribution is 2.23. The van der Waals surface area contributed by atoms with Crippen molar-refractivity contribution in [3.63, 3.8) is 0 Å². The van der Waals surface area contributed by atoms with E-state index in [4.69, 9.17) is 4.42 Å². The van der Waals surface area contributed by atoms with Gasteiger partial charge in [0.1, 0.15) is 0 Å². The van der Waals surface area contributed by atoms with Crippen LogP contribution in [0.5, 0.6) is 0 Å². The quantitative estimate of drug-likeness (QED) is 0.887. The highest BCUT2D eigenvalue weighted by molar-refractivity contribution is 5.93. The van der Waals surface area contributed by atoms with E-state index >= 15 is 0 Å². The summed E-state index contributed by atoms with van der Waals surface area (Å²) in [5, 5.41) is 5.60. The Hall–Kier alpha value is -2.43. The number of anilines is 2. The van der Waals surface area contributed by atoms with E-state index < -0.39 is 0 Å². The van der Waals surface area contributed by atoms with Crippen LogP contribution in [0.15, 0.2) is 47.3 Å². The molecular formula is C14H17N3O2. The van der Waals surface area contributed by atoms with Crippen LogP contribution in [0.1, 0.15) is 5.56 Å². The molecular weight excluding hydrogens is 242 g/mol. The maximum atomic E-state index is 11.8. The summed E-state index contributed by atoms with van der Waals surface area (Å²) >= 11 is 0. The molecule has 0 saturated heterocycles. The van der Waals surface area contributed by atoms with Crippen molar-refractivity contribution in [2.45, 2.75) is 6.54 Å². The summed E-state index contributed by atoms with van der Waals surface area (Å²) in [4.78, 5) is 13.8. The van der Waals surface area contributed by atoms with Crippen molar-refractivity contribution in [2.75, 3.05) is 24.3 Å². The molecule has 0 fully saturated rings. The van der Waals surface area contributed by atoms with Crippen molar-refractivity contribution in [2.24, 2.45) is 0 Å². The minimum atomic E-state index is -0.240. The molecule has 0 spiro atoms. The van der Waals surface area contributed by atoms with Crippen molar-refractivity contribution in [3.05, 3.63) is 48.4 Å². The van der Waals surface area contributed by atoms with Crippen LogP contribution in [0, 0.1) is 0 Å². The molecule has 1 aromatic carbocycles. The smallest absolute Gasteiger partial charge is 0.319 e. The minimum absolute atomic E-state index is 0.240. The first-order chi connectivity index (χ1) is 9.16. The van der Waals surface area contributed by atoms with Gasteiger partial charge in [-0.3, -0.25) is 0 Å². The number of carbonyl (C=O) groups is 1. The summed E-state index contributed by atoms with van der Waals surface area (Å²) < 4.78 is 4.94. The second-order valence-electron chi connectivity index (χ2n) is 4.35. The molecule has 0 unspecified atom stereocenters. The van der Waals surface area contributed by atoms with Crippen LogP contribution in [0.4, 0.5) is 16.2 Å². The fourth-order valence-corrected chi connectivity index (χ4v) is 1.71. The molecule has 1 aromatic heterocycles. The molecule has 1 heterocycles. The van der Waals surface area contributed by atoms with Gasteiger partial charge in [0.05, 0.1) is 23.9 Å². The largest absolute Gasteiger partial charge is 0.472 e. The number of nitrogens with one attached hydrogen (secondary N) is 2. The van der Waals surface area contributed by atoms with Crippen LogP contribution >= 0.6 is 0 Å². The van der Waals surface area contributed by atoms with Gasteiger partial charge in [0.15, 0.2) is 0 Å². The van der Waals surface area contributed by atoms with E-state index in [1.54, 1.807) is 12.5 Å². The van der Waals surface area contributed by atoms with E-state index in [2.05, 4.69) is 10.6 Å². The standard InChI is InChI=1S/C14H17N3O2/c1-17(2)13-6-4-3-5-12(13)16-14(18)15-9-11-7-8-19-10-11/h3-8,10H,9H2,1-2H3,(H2,15,16,18). The van der Waals surface area contributed by atoms with Crippen molar-refractivity contribution in [1.82, 2.24) is 5.32 Å². The summed E-state index contributed by atoms with van der Waals surface area (Å²) in [6, 6.07) is 9.21. The second kappa shape index (κ2) is 5.95. The van der Waals surface area contributed by atoms with Crippen LogP contribution in [-0.2, 0) is 6.54 Å². The molecule has 0 bridgehead atoms. The molecule has 0 radical (unpaired) electrons. The van der Waals surface area contributed by atoms with E-state index in [0.29, 0.717) is 6.54 Å². The van der Waals surface area contributed by atoms with Crippen molar-refractivity contribution >= 4 is 17.4 Å². The lowest BCUT2D eigenvalue weighted by Gasteiger charge is -2.17. The number of para-hydroxylation sites is 2. The highest BCUT2D eigenvalue weighted by atomic mass is 16.3. The van der Waals surface area contributed by atoms with E-state index in [-0.39, 0.29) is 6.03 Å². The number of furan rings is 1. The van der Waals surface area contributed by atoms with Crippen LogP contribution in [-0.4, -0.2) is 20.1 Å². The van der Waals surface area contributed by atoms with E-state index in [1.165, 1.54) is 0 Å². The molecule has 19 heavy (non-hydrogen) atoms. The zero-order valence-electron chi connectivity index (χ0n) is 11.0. The molecule has 2 aromatic rings. The number of nitrogens with zero attached hydrogens (tertiary/aromatic N) is 1. The summed E-state index contributed by atoms with van der Waals surface area (Å²) in [5.74, 6) is 0. The number of carbonyl (C=O) groups excluding carboxylic acids is 1. The SMILES string of the molecule is CN(C)c1ccccc1NC(=O)NCc1ccoc1. The van der Waals surface area contributed by atoms with Gasteiger partial charge in [-0.1, -0.05) is 12.1 Å². The Morgan fingerprint density at radius 2 is 2.05 bits per heavy atom. The number of benzene rings is 1. The van der Waals surface area contributed by atoms with Gasteiger partial charge in [0, 0.05) is 26.2 Å². The van der Waals surface area contributed by atoms with Gasteiger partial charge in [0.25, 0.3) is 0 Å². The number of urea groups is 1. The van der Waals surface area contributed by atoms with Gasteiger partial charge in [-0.05, 0) is 18.2 Å². The average Bonchev–Trinajstić information content (AvgIpc) is 2.90. The second-order valence-corrected chi connectivity index (χ2v) is 4.35. The number of hydrogen-bond donors (Lipinski definition) is 2. The van der Waals surface area contributed by atoms with Gasteiger partial charge in [-0.2, -0.15) is 0 Å². The van der Waals surface area contributed by atoms with Crippen molar-refractivity contribution in [1.29, 1.82) is 0 Å². The highest BCUT2D eigenvalue weighted by Gasteiger charge is 2.07. The summed E-state index contributed by atoms with van der Waals surface area (Å²) in [6.45, 7) is 0.437. The van der Waals surface area contributed by atoms with Gasteiger partial charge in [-0.25, -0.2) is 4.79 Å². The topological polar surface area (TPSA) is 57.5 Å². The van der Waals surface area contributed by atoms with Crippen molar-refractivity contribution in [3.8, 4) is 0 Å². The first-order valence-corrected chi connectivity index (χ1v) is 5.99. The van der Waals surface area contributed by atoms with Crippen LogP contribution in [0.2, 0.25) is 0 Å². The van der Waals surface area contributed by atoms with Crippen LogP contribution in [0.3, 0.4) is 0 Å². The molecule has 2 N–H and O–H groups in total. The predicted molar refractivity (Wildman–Crippen MR) is 75.3 cm³/mol. The Labute approximate surface area is 112 Å². The van der Waals surface area contributed by atoms with Crippen molar-refractivity contribution < 1.29 is 9.21 Å². The first kappa shape index (κ1) is 13.0. The third kappa shape index (κ3) is 3.51. The molecule has 2 rings (SSSR count). The molecule has 0 aliphatic carbocycles.